The second-order valence-corrected chi connectivity index (χ2v) is 5.34. The van der Waals surface area contributed by atoms with Gasteiger partial charge in [0.15, 0.2) is 0 Å². The molecule has 1 aromatic carbocycles. The maximum absolute atomic E-state index is 13.7. The van der Waals surface area contributed by atoms with Crippen LogP contribution in [0.15, 0.2) is 24.3 Å². The van der Waals surface area contributed by atoms with Crippen LogP contribution in [0.25, 0.3) is 0 Å². The summed E-state index contributed by atoms with van der Waals surface area (Å²) in [6.45, 7) is 2.28. The van der Waals surface area contributed by atoms with Crippen LogP contribution in [0.2, 0.25) is 0 Å². The lowest BCUT2D eigenvalue weighted by Crippen LogP contribution is -2.38. The van der Waals surface area contributed by atoms with Gasteiger partial charge in [-0.15, -0.1) is 0 Å². The van der Waals surface area contributed by atoms with E-state index in [2.05, 4.69) is 6.92 Å². The standard InChI is InChI=1S/C15H21FO/c1-12-7-9-15(17-2,10-8-12)11-13-5-3-4-6-14(13)16/h3-6,12H,7-11H2,1-2H3. The molecule has 1 saturated carbocycles. The Morgan fingerprint density at radius 1 is 1.29 bits per heavy atom. The van der Waals surface area contributed by atoms with Gasteiger partial charge in [0.2, 0.25) is 0 Å². The van der Waals surface area contributed by atoms with Crippen LogP contribution < -0.4 is 0 Å². The molecule has 17 heavy (non-hydrogen) atoms. The Bertz CT molecular complexity index is 367. The van der Waals surface area contributed by atoms with Crippen LogP contribution in [0.4, 0.5) is 4.39 Å². The van der Waals surface area contributed by atoms with Gasteiger partial charge in [-0.3, -0.25) is 0 Å². The number of benzene rings is 1. The molecular weight excluding hydrogens is 215 g/mol. The number of hydrogen-bond acceptors (Lipinski definition) is 1. The first-order valence-electron chi connectivity index (χ1n) is 6.44. The molecule has 0 N–H and O–H groups in total. The van der Waals surface area contributed by atoms with Gasteiger partial charge in [-0.25, -0.2) is 4.39 Å². The van der Waals surface area contributed by atoms with Crippen LogP contribution >= 0.6 is 0 Å². The third kappa shape index (κ3) is 2.86. The largest absolute Gasteiger partial charge is 0.378 e. The molecule has 0 amide bonds. The topological polar surface area (TPSA) is 9.23 Å². The summed E-state index contributed by atoms with van der Waals surface area (Å²) in [5.74, 6) is 0.668. The number of ether oxygens (including phenoxy) is 1. The average molecular weight is 236 g/mol. The SMILES string of the molecule is COC1(Cc2ccccc2F)CCC(C)CC1. The zero-order valence-electron chi connectivity index (χ0n) is 10.7. The summed E-state index contributed by atoms with van der Waals surface area (Å²) >= 11 is 0. The summed E-state index contributed by atoms with van der Waals surface area (Å²) < 4.78 is 19.4. The van der Waals surface area contributed by atoms with Crippen LogP contribution in [-0.2, 0) is 11.2 Å². The Balaban J connectivity index is 2.12. The summed E-state index contributed by atoms with van der Waals surface area (Å²) in [7, 11) is 1.76. The molecule has 0 spiro atoms. The van der Waals surface area contributed by atoms with Crippen molar-refractivity contribution in [1.29, 1.82) is 0 Å². The zero-order valence-corrected chi connectivity index (χ0v) is 10.7. The van der Waals surface area contributed by atoms with E-state index in [-0.39, 0.29) is 11.4 Å². The molecule has 1 aliphatic rings. The van der Waals surface area contributed by atoms with E-state index >= 15 is 0 Å². The molecule has 1 aliphatic carbocycles. The molecule has 0 bridgehead atoms. The van der Waals surface area contributed by atoms with Crippen molar-refractivity contribution < 1.29 is 9.13 Å². The quantitative estimate of drug-likeness (QED) is 0.771. The number of hydrogen-bond donors (Lipinski definition) is 0. The number of rotatable bonds is 3. The minimum atomic E-state index is -0.144. The van der Waals surface area contributed by atoms with Crippen molar-refractivity contribution >= 4 is 0 Å². The zero-order chi connectivity index (χ0) is 12.3. The van der Waals surface area contributed by atoms with E-state index in [1.807, 2.05) is 12.1 Å². The highest BCUT2D eigenvalue weighted by Gasteiger charge is 2.34. The molecule has 0 aromatic heterocycles. The first-order chi connectivity index (χ1) is 8.15. The van der Waals surface area contributed by atoms with E-state index in [0.29, 0.717) is 6.42 Å². The molecule has 1 nitrogen and oxygen atoms in total. The predicted molar refractivity (Wildman–Crippen MR) is 67.5 cm³/mol. The van der Waals surface area contributed by atoms with E-state index in [1.165, 1.54) is 18.9 Å². The molecule has 0 unspecified atom stereocenters. The van der Waals surface area contributed by atoms with E-state index in [4.69, 9.17) is 4.74 Å². The molecule has 0 aliphatic heterocycles. The first-order valence-corrected chi connectivity index (χ1v) is 6.44. The fraction of sp³-hybridized carbons (Fsp3) is 0.600. The predicted octanol–water partition coefficient (Wildman–Crippen LogP) is 3.96. The molecule has 2 rings (SSSR count). The Labute approximate surface area is 103 Å². The summed E-state index contributed by atoms with van der Waals surface area (Å²) in [5, 5.41) is 0. The summed E-state index contributed by atoms with van der Waals surface area (Å²) in [5.41, 5.74) is 0.637. The average Bonchev–Trinajstić information content (AvgIpc) is 2.35. The summed E-state index contributed by atoms with van der Waals surface area (Å²) in [6, 6.07) is 7.03. The molecule has 0 atom stereocenters. The van der Waals surface area contributed by atoms with Crippen molar-refractivity contribution in [2.75, 3.05) is 7.11 Å². The second kappa shape index (κ2) is 5.18. The highest BCUT2D eigenvalue weighted by molar-refractivity contribution is 5.19. The van der Waals surface area contributed by atoms with Crippen LogP contribution in [0.5, 0.6) is 0 Å². The highest BCUT2D eigenvalue weighted by atomic mass is 19.1. The normalized spacial score (nSPS) is 29.2. The van der Waals surface area contributed by atoms with Crippen molar-refractivity contribution in [2.24, 2.45) is 5.92 Å². The van der Waals surface area contributed by atoms with Gasteiger partial charge in [-0.05, 0) is 43.2 Å². The van der Waals surface area contributed by atoms with E-state index in [0.717, 1.165) is 24.3 Å². The Morgan fingerprint density at radius 3 is 2.53 bits per heavy atom. The van der Waals surface area contributed by atoms with Gasteiger partial charge in [0.05, 0.1) is 5.60 Å². The van der Waals surface area contributed by atoms with Gasteiger partial charge in [-0.1, -0.05) is 25.1 Å². The lowest BCUT2D eigenvalue weighted by atomic mass is 9.76. The van der Waals surface area contributed by atoms with Crippen molar-refractivity contribution in [2.45, 2.75) is 44.6 Å². The monoisotopic (exact) mass is 236 g/mol. The third-order valence-electron chi connectivity index (χ3n) is 4.09. The second-order valence-electron chi connectivity index (χ2n) is 5.34. The highest BCUT2D eigenvalue weighted by Crippen LogP contribution is 2.37. The van der Waals surface area contributed by atoms with Gasteiger partial charge in [0.25, 0.3) is 0 Å². The minimum Gasteiger partial charge on any atom is -0.378 e. The molecule has 0 radical (unpaired) electrons. The minimum absolute atomic E-state index is 0.109. The Morgan fingerprint density at radius 2 is 1.94 bits per heavy atom. The van der Waals surface area contributed by atoms with Gasteiger partial charge < -0.3 is 4.74 Å². The van der Waals surface area contributed by atoms with Crippen molar-refractivity contribution in [3.8, 4) is 0 Å². The van der Waals surface area contributed by atoms with Gasteiger partial charge in [-0.2, -0.15) is 0 Å². The molecular formula is C15H21FO. The smallest absolute Gasteiger partial charge is 0.126 e. The van der Waals surface area contributed by atoms with Gasteiger partial charge in [0, 0.05) is 13.5 Å². The van der Waals surface area contributed by atoms with Gasteiger partial charge in [0.1, 0.15) is 5.82 Å². The Hall–Kier alpha value is -0.890. The fourth-order valence-corrected chi connectivity index (χ4v) is 2.73. The third-order valence-corrected chi connectivity index (χ3v) is 4.09. The van der Waals surface area contributed by atoms with E-state index in [1.54, 1.807) is 13.2 Å². The van der Waals surface area contributed by atoms with E-state index < -0.39 is 0 Å². The van der Waals surface area contributed by atoms with Crippen LogP contribution in [0.1, 0.15) is 38.2 Å². The van der Waals surface area contributed by atoms with Crippen LogP contribution in [0.3, 0.4) is 0 Å². The summed E-state index contributed by atoms with van der Waals surface area (Å²) in [6.07, 6.45) is 5.14. The lowest BCUT2D eigenvalue weighted by Gasteiger charge is -2.38. The first kappa shape index (κ1) is 12.6. The van der Waals surface area contributed by atoms with Crippen molar-refractivity contribution in [3.05, 3.63) is 35.6 Å². The van der Waals surface area contributed by atoms with Crippen molar-refractivity contribution in [3.63, 3.8) is 0 Å². The maximum atomic E-state index is 13.7. The van der Waals surface area contributed by atoms with Crippen LogP contribution in [-0.4, -0.2) is 12.7 Å². The number of methoxy groups -OCH3 is 1. The molecule has 0 heterocycles. The molecule has 1 fully saturated rings. The molecule has 2 heteroatoms. The maximum Gasteiger partial charge on any atom is 0.126 e. The Kier molecular flexibility index (Phi) is 3.82. The number of halogens is 1. The molecule has 1 aromatic rings. The lowest BCUT2D eigenvalue weighted by molar-refractivity contribution is -0.0474. The van der Waals surface area contributed by atoms with Crippen LogP contribution in [0, 0.1) is 11.7 Å². The molecule has 0 saturated heterocycles. The molecule has 94 valence electrons. The fourth-order valence-electron chi connectivity index (χ4n) is 2.73. The van der Waals surface area contributed by atoms with Gasteiger partial charge >= 0.3 is 0 Å². The summed E-state index contributed by atoms with van der Waals surface area (Å²) in [4.78, 5) is 0. The van der Waals surface area contributed by atoms with E-state index in [9.17, 15) is 4.39 Å². The van der Waals surface area contributed by atoms with Crippen molar-refractivity contribution in [1.82, 2.24) is 0 Å².